The normalized spacial score (nSPS) is 16.0. The minimum atomic E-state index is -0.290. The van der Waals surface area contributed by atoms with E-state index < -0.39 is 0 Å². The fourth-order valence-electron chi connectivity index (χ4n) is 4.66. The molecule has 1 atom stereocenters. The van der Waals surface area contributed by atoms with Crippen LogP contribution in [0.4, 0.5) is 5.69 Å². The number of hydrogen-bond acceptors (Lipinski definition) is 6. The highest BCUT2D eigenvalue weighted by Crippen LogP contribution is 2.28. The molecule has 4 aromatic rings. The van der Waals surface area contributed by atoms with Crippen molar-refractivity contribution in [2.24, 2.45) is 5.73 Å². The zero-order valence-corrected chi connectivity index (χ0v) is 19.7. The lowest BCUT2D eigenvalue weighted by molar-refractivity contribution is -0.122. The molecule has 3 N–H and O–H groups in total. The molecule has 1 unspecified atom stereocenters. The van der Waals surface area contributed by atoms with Crippen LogP contribution >= 0.6 is 0 Å². The first kappa shape index (κ1) is 22.7. The second kappa shape index (κ2) is 9.31. The van der Waals surface area contributed by atoms with Crippen LogP contribution in [0.1, 0.15) is 40.0 Å². The maximum atomic E-state index is 13.4. The summed E-state index contributed by atoms with van der Waals surface area (Å²) in [5, 5.41) is 7.63. The summed E-state index contributed by atoms with van der Waals surface area (Å²) >= 11 is 0. The van der Waals surface area contributed by atoms with Gasteiger partial charge in [-0.1, -0.05) is 47.1 Å². The number of nitrogens with one attached hydrogen (secondary N) is 1. The number of anilines is 1. The van der Waals surface area contributed by atoms with Crippen LogP contribution in [0.25, 0.3) is 22.4 Å². The van der Waals surface area contributed by atoms with Gasteiger partial charge in [0.15, 0.2) is 0 Å². The number of amides is 2. The first-order chi connectivity index (χ1) is 16.9. The number of nitrogens with zero attached hydrogens (tertiary/aromatic N) is 3. The molecule has 35 heavy (non-hydrogen) atoms. The number of hydrogen-bond donors (Lipinski definition) is 2. The quantitative estimate of drug-likeness (QED) is 0.437. The largest absolute Gasteiger partial charge is 0.368 e. The predicted molar refractivity (Wildman–Crippen MR) is 134 cm³/mol. The Morgan fingerprint density at radius 3 is 2.71 bits per heavy atom. The number of primary amides is 1. The van der Waals surface area contributed by atoms with Crippen LogP contribution in [-0.2, 0) is 11.3 Å². The van der Waals surface area contributed by atoms with Crippen molar-refractivity contribution in [3.63, 3.8) is 0 Å². The SMILES string of the molecule is Cc1ccc(-c2cc(C(=O)Nc3cccc(CN4CCCC4C(N)=O)c3)c3c(C)noc3n2)cc1. The Hall–Kier alpha value is -4.04. The summed E-state index contributed by atoms with van der Waals surface area (Å²) in [5.41, 5.74) is 11.3. The summed E-state index contributed by atoms with van der Waals surface area (Å²) in [4.78, 5) is 31.8. The Balaban J connectivity index is 1.43. The molecule has 1 aliphatic rings. The molecule has 2 amide bonds. The fraction of sp³-hybridized carbons (Fsp3) is 0.259. The summed E-state index contributed by atoms with van der Waals surface area (Å²) < 4.78 is 5.41. The van der Waals surface area contributed by atoms with E-state index in [0.29, 0.717) is 40.3 Å². The van der Waals surface area contributed by atoms with Gasteiger partial charge in [0.25, 0.3) is 11.6 Å². The third kappa shape index (κ3) is 4.65. The molecule has 1 aliphatic heterocycles. The molecule has 5 rings (SSSR count). The van der Waals surface area contributed by atoms with Crippen molar-refractivity contribution < 1.29 is 14.1 Å². The molecule has 8 heteroatoms. The van der Waals surface area contributed by atoms with Gasteiger partial charge in [-0.3, -0.25) is 14.5 Å². The summed E-state index contributed by atoms with van der Waals surface area (Å²) in [5.74, 6) is -0.562. The molecular formula is C27H27N5O3. The number of carbonyl (C=O) groups is 2. The van der Waals surface area contributed by atoms with Crippen LogP contribution in [0, 0.1) is 13.8 Å². The van der Waals surface area contributed by atoms with E-state index in [9.17, 15) is 9.59 Å². The number of carbonyl (C=O) groups excluding carboxylic acids is 2. The number of nitrogens with two attached hydrogens (primary N) is 1. The van der Waals surface area contributed by atoms with Gasteiger partial charge in [0, 0.05) is 17.8 Å². The van der Waals surface area contributed by atoms with Crippen LogP contribution in [-0.4, -0.2) is 39.4 Å². The molecule has 0 saturated carbocycles. The lowest BCUT2D eigenvalue weighted by atomic mass is 10.0. The number of aryl methyl sites for hydroxylation is 2. The van der Waals surface area contributed by atoms with Gasteiger partial charge >= 0.3 is 0 Å². The van der Waals surface area contributed by atoms with Gasteiger partial charge in [-0.2, -0.15) is 0 Å². The van der Waals surface area contributed by atoms with Gasteiger partial charge in [-0.25, -0.2) is 4.98 Å². The summed E-state index contributed by atoms with van der Waals surface area (Å²) in [6.45, 7) is 5.24. The maximum Gasteiger partial charge on any atom is 0.259 e. The zero-order chi connectivity index (χ0) is 24.5. The van der Waals surface area contributed by atoms with E-state index in [1.54, 1.807) is 13.0 Å². The molecule has 1 fully saturated rings. The van der Waals surface area contributed by atoms with Crippen molar-refractivity contribution in [2.45, 2.75) is 39.3 Å². The Labute approximate surface area is 203 Å². The summed E-state index contributed by atoms with van der Waals surface area (Å²) in [6.07, 6.45) is 1.73. The monoisotopic (exact) mass is 469 g/mol. The van der Waals surface area contributed by atoms with Crippen LogP contribution in [0.2, 0.25) is 0 Å². The van der Waals surface area contributed by atoms with Gasteiger partial charge < -0.3 is 15.6 Å². The lowest BCUT2D eigenvalue weighted by Crippen LogP contribution is -2.39. The first-order valence-corrected chi connectivity index (χ1v) is 11.7. The second-order valence-corrected chi connectivity index (χ2v) is 9.05. The molecule has 2 aromatic heterocycles. The number of pyridine rings is 1. The highest BCUT2D eigenvalue weighted by Gasteiger charge is 2.28. The Kier molecular flexibility index (Phi) is 6.05. The molecule has 1 saturated heterocycles. The van der Waals surface area contributed by atoms with Gasteiger partial charge in [-0.15, -0.1) is 0 Å². The lowest BCUT2D eigenvalue weighted by Gasteiger charge is -2.22. The minimum Gasteiger partial charge on any atom is -0.368 e. The first-order valence-electron chi connectivity index (χ1n) is 11.7. The second-order valence-electron chi connectivity index (χ2n) is 9.05. The topological polar surface area (TPSA) is 114 Å². The fourth-order valence-corrected chi connectivity index (χ4v) is 4.66. The van der Waals surface area contributed by atoms with E-state index in [0.717, 1.165) is 36.1 Å². The van der Waals surface area contributed by atoms with Crippen LogP contribution < -0.4 is 11.1 Å². The van der Waals surface area contributed by atoms with E-state index in [2.05, 4.69) is 20.4 Å². The molecule has 8 nitrogen and oxygen atoms in total. The summed E-state index contributed by atoms with van der Waals surface area (Å²) in [7, 11) is 0. The van der Waals surface area contributed by atoms with Crippen molar-refractivity contribution in [1.82, 2.24) is 15.0 Å². The van der Waals surface area contributed by atoms with E-state index >= 15 is 0 Å². The predicted octanol–water partition coefficient (Wildman–Crippen LogP) is 4.21. The van der Waals surface area contributed by atoms with Crippen LogP contribution in [0.5, 0.6) is 0 Å². The minimum absolute atomic E-state index is 0.241. The van der Waals surface area contributed by atoms with Crippen molar-refractivity contribution in [2.75, 3.05) is 11.9 Å². The standard InChI is InChI=1S/C27H27N5O3/c1-16-8-10-19(11-9-16)22-14-21(24-17(2)31-35-27(24)30-22)26(34)29-20-6-3-5-18(13-20)15-32-12-4-7-23(32)25(28)33/h3,5-6,8-11,13-14,23H,4,7,12,15H2,1-2H3,(H2,28,33)(H,29,34). The van der Waals surface area contributed by atoms with Crippen molar-refractivity contribution >= 4 is 28.6 Å². The smallest absolute Gasteiger partial charge is 0.259 e. The highest BCUT2D eigenvalue weighted by molar-refractivity contribution is 6.13. The average Bonchev–Trinajstić information content (AvgIpc) is 3.46. The molecule has 178 valence electrons. The molecule has 0 spiro atoms. The van der Waals surface area contributed by atoms with Crippen molar-refractivity contribution in [1.29, 1.82) is 0 Å². The van der Waals surface area contributed by atoms with E-state index in [1.807, 2.05) is 55.5 Å². The Morgan fingerprint density at radius 2 is 1.94 bits per heavy atom. The van der Waals surface area contributed by atoms with Crippen molar-refractivity contribution in [3.8, 4) is 11.3 Å². The number of fused-ring (bicyclic) bond motifs is 1. The van der Waals surface area contributed by atoms with Gasteiger partial charge in [0.1, 0.15) is 0 Å². The number of rotatable bonds is 6. The molecule has 0 aliphatic carbocycles. The molecule has 0 bridgehead atoms. The van der Waals surface area contributed by atoms with Crippen LogP contribution in [0.15, 0.2) is 59.1 Å². The number of benzene rings is 2. The zero-order valence-electron chi connectivity index (χ0n) is 19.7. The Morgan fingerprint density at radius 1 is 1.14 bits per heavy atom. The Bertz CT molecular complexity index is 1410. The third-order valence-corrected chi connectivity index (χ3v) is 6.47. The van der Waals surface area contributed by atoms with Crippen LogP contribution in [0.3, 0.4) is 0 Å². The van der Waals surface area contributed by atoms with E-state index in [1.165, 1.54) is 0 Å². The van der Waals surface area contributed by atoms with Gasteiger partial charge in [-0.05, 0) is 57.0 Å². The van der Waals surface area contributed by atoms with Gasteiger partial charge in [0.2, 0.25) is 5.91 Å². The molecule has 2 aromatic carbocycles. The maximum absolute atomic E-state index is 13.4. The average molecular weight is 470 g/mol. The molecular weight excluding hydrogens is 442 g/mol. The van der Waals surface area contributed by atoms with Crippen molar-refractivity contribution in [3.05, 3.63) is 77.0 Å². The van der Waals surface area contributed by atoms with E-state index in [-0.39, 0.29) is 17.9 Å². The molecule has 3 heterocycles. The third-order valence-electron chi connectivity index (χ3n) is 6.47. The number of likely N-dealkylation sites (tertiary alicyclic amines) is 1. The number of aromatic nitrogens is 2. The molecule has 0 radical (unpaired) electrons. The van der Waals surface area contributed by atoms with Gasteiger partial charge in [0.05, 0.1) is 28.4 Å². The highest BCUT2D eigenvalue weighted by atomic mass is 16.5. The summed E-state index contributed by atoms with van der Waals surface area (Å²) in [6, 6.07) is 17.1. The van der Waals surface area contributed by atoms with E-state index in [4.69, 9.17) is 10.3 Å².